The van der Waals surface area contributed by atoms with E-state index in [0.29, 0.717) is 12.5 Å². The summed E-state index contributed by atoms with van der Waals surface area (Å²) in [5, 5.41) is 4.05. The highest BCUT2D eigenvalue weighted by atomic mass is 19.1. The molecule has 0 radical (unpaired) electrons. The number of carbonyl (C=O) groups is 1. The molecule has 2 N–H and O–H groups in total. The number of hydrogen-bond acceptors (Lipinski definition) is 1. The number of amides is 1. The molecule has 3 nitrogen and oxygen atoms in total. The quantitative estimate of drug-likeness (QED) is 0.891. The van der Waals surface area contributed by atoms with Crippen LogP contribution in [-0.4, -0.2) is 16.9 Å². The summed E-state index contributed by atoms with van der Waals surface area (Å²) < 4.78 is 13.1. The number of hydrogen-bond donors (Lipinski definition) is 2. The van der Waals surface area contributed by atoms with Crippen LogP contribution in [0, 0.1) is 11.7 Å². The van der Waals surface area contributed by atoms with Crippen LogP contribution < -0.4 is 5.32 Å². The first-order valence-electron chi connectivity index (χ1n) is 7.66. The van der Waals surface area contributed by atoms with Crippen LogP contribution in [0.5, 0.6) is 0 Å². The number of rotatable bonds is 3. The van der Waals surface area contributed by atoms with Crippen molar-refractivity contribution in [1.82, 2.24) is 10.3 Å². The van der Waals surface area contributed by atoms with Crippen LogP contribution in [0.2, 0.25) is 0 Å². The maximum Gasteiger partial charge on any atom is 0.224 e. The van der Waals surface area contributed by atoms with E-state index in [1.807, 2.05) is 0 Å². The van der Waals surface area contributed by atoms with Gasteiger partial charge in [-0.05, 0) is 55.4 Å². The van der Waals surface area contributed by atoms with Gasteiger partial charge in [-0.2, -0.15) is 0 Å². The van der Waals surface area contributed by atoms with Crippen molar-refractivity contribution in [3.63, 3.8) is 0 Å². The van der Waals surface area contributed by atoms with Crippen LogP contribution in [0.4, 0.5) is 4.39 Å². The fourth-order valence-corrected chi connectivity index (χ4v) is 3.16. The van der Waals surface area contributed by atoms with E-state index in [0.717, 1.165) is 35.2 Å². The Labute approximate surface area is 123 Å². The average molecular weight is 288 g/mol. The number of aromatic nitrogens is 1. The molecule has 1 aromatic heterocycles. The van der Waals surface area contributed by atoms with Crippen LogP contribution in [-0.2, 0) is 11.2 Å². The third kappa shape index (κ3) is 3.26. The first-order chi connectivity index (χ1) is 10.1. The molecule has 1 fully saturated rings. The monoisotopic (exact) mass is 288 g/mol. The number of nitrogens with one attached hydrogen (secondary N) is 2. The SMILES string of the molecule is CC1CCC(NC(=O)Cc2c[nH]c3cc(F)ccc23)CC1. The van der Waals surface area contributed by atoms with Gasteiger partial charge in [0.05, 0.1) is 6.42 Å². The maximum absolute atomic E-state index is 13.1. The first-order valence-corrected chi connectivity index (χ1v) is 7.66. The van der Waals surface area contributed by atoms with Gasteiger partial charge in [0.25, 0.3) is 0 Å². The molecule has 1 aliphatic carbocycles. The predicted octanol–water partition coefficient (Wildman–Crippen LogP) is 3.54. The maximum atomic E-state index is 13.1. The summed E-state index contributed by atoms with van der Waals surface area (Å²) in [7, 11) is 0. The molecule has 0 bridgehead atoms. The molecular weight excluding hydrogens is 267 g/mol. The van der Waals surface area contributed by atoms with Gasteiger partial charge in [0.2, 0.25) is 5.91 Å². The predicted molar refractivity (Wildman–Crippen MR) is 81.5 cm³/mol. The molecule has 112 valence electrons. The molecular formula is C17H21FN2O. The average Bonchev–Trinajstić information content (AvgIpc) is 2.83. The van der Waals surface area contributed by atoms with Crippen molar-refractivity contribution in [2.75, 3.05) is 0 Å². The van der Waals surface area contributed by atoms with Crippen molar-refractivity contribution in [1.29, 1.82) is 0 Å². The smallest absolute Gasteiger partial charge is 0.224 e. The molecule has 2 aromatic rings. The standard InChI is InChI=1S/C17H21FN2O/c1-11-2-5-14(6-3-11)20-17(21)8-12-10-19-16-9-13(18)4-7-15(12)16/h4,7,9-11,14,19H,2-3,5-6,8H2,1H3,(H,20,21). The van der Waals surface area contributed by atoms with Gasteiger partial charge in [0.1, 0.15) is 5.82 Å². The van der Waals surface area contributed by atoms with Gasteiger partial charge in [-0.1, -0.05) is 6.92 Å². The molecule has 1 aliphatic rings. The van der Waals surface area contributed by atoms with Crippen LogP contribution in [0.25, 0.3) is 10.9 Å². The second-order valence-corrected chi connectivity index (χ2v) is 6.20. The Morgan fingerprint density at radius 3 is 2.86 bits per heavy atom. The zero-order chi connectivity index (χ0) is 14.8. The Hall–Kier alpha value is -1.84. The Balaban J connectivity index is 1.63. The minimum atomic E-state index is -0.267. The number of halogens is 1. The molecule has 0 unspecified atom stereocenters. The van der Waals surface area contributed by atoms with Gasteiger partial charge in [-0.3, -0.25) is 4.79 Å². The lowest BCUT2D eigenvalue weighted by Crippen LogP contribution is -2.38. The summed E-state index contributed by atoms with van der Waals surface area (Å²) in [6.07, 6.45) is 6.68. The molecule has 1 amide bonds. The molecule has 0 aliphatic heterocycles. The first kappa shape index (κ1) is 14.1. The lowest BCUT2D eigenvalue weighted by atomic mass is 9.87. The van der Waals surface area contributed by atoms with Crippen LogP contribution in [0.1, 0.15) is 38.2 Å². The number of aromatic amines is 1. The number of fused-ring (bicyclic) bond motifs is 1. The fraction of sp³-hybridized carbons (Fsp3) is 0.471. The minimum Gasteiger partial charge on any atom is -0.361 e. The second kappa shape index (κ2) is 5.88. The highest BCUT2D eigenvalue weighted by Crippen LogP contribution is 2.24. The van der Waals surface area contributed by atoms with Gasteiger partial charge in [0, 0.05) is 23.1 Å². The summed E-state index contributed by atoms with van der Waals surface area (Å²) in [5.41, 5.74) is 1.66. The molecule has 0 atom stereocenters. The van der Waals surface area contributed by atoms with E-state index in [4.69, 9.17) is 0 Å². The Kier molecular flexibility index (Phi) is 3.95. The van der Waals surface area contributed by atoms with Gasteiger partial charge < -0.3 is 10.3 Å². The summed E-state index contributed by atoms with van der Waals surface area (Å²) in [6, 6.07) is 4.93. The number of H-pyrrole nitrogens is 1. The van der Waals surface area contributed by atoms with E-state index < -0.39 is 0 Å². The van der Waals surface area contributed by atoms with Gasteiger partial charge in [-0.25, -0.2) is 4.39 Å². The van der Waals surface area contributed by atoms with Crippen LogP contribution >= 0.6 is 0 Å². The molecule has 1 heterocycles. The number of carbonyl (C=O) groups excluding carboxylic acids is 1. The minimum absolute atomic E-state index is 0.0554. The molecule has 0 saturated heterocycles. The normalized spacial score (nSPS) is 22.4. The lowest BCUT2D eigenvalue weighted by molar-refractivity contribution is -0.121. The second-order valence-electron chi connectivity index (χ2n) is 6.20. The van der Waals surface area contributed by atoms with Crippen molar-refractivity contribution in [2.24, 2.45) is 5.92 Å². The summed E-state index contributed by atoms with van der Waals surface area (Å²) in [4.78, 5) is 15.2. The summed E-state index contributed by atoms with van der Waals surface area (Å²) in [5.74, 6) is 0.568. The lowest BCUT2D eigenvalue weighted by Gasteiger charge is -2.26. The Morgan fingerprint density at radius 2 is 2.10 bits per heavy atom. The van der Waals surface area contributed by atoms with Crippen molar-refractivity contribution in [2.45, 2.75) is 45.1 Å². The zero-order valence-corrected chi connectivity index (χ0v) is 12.3. The van der Waals surface area contributed by atoms with Crippen LogP contribution in [0.15, 0.2) is 24.4 Å². The van der Waals surface area contributed by atoms with Crippen molar-refractivity contribution >= 4 is 16.8 Å². The Morgan fingerprint density at radius 1 is 1.33 bits per heavy atom. The van der Waals surface area contributed by atoms with Gasteiger partial charge >= 0.3 is 0 Å². The van der Waals surface area contributed by atoms with E-state index in [-0.39, 0.29) is 11.7 Å². The molecule has 1 saturated carbocycles. The largest absolute Gasteiger partial charge is 0.361 e. The van der Waals surface area contributed by atoms with E-state index in [1.165, 1.54) is 25.0 Å². The highest BCUT2D eigenvalue weighted by molar-refractivity contribution is 5.89. The Bertz CT molecular complexity index is 641. The topological polar surface area (TPSA) is 44.9 Å². The zero-order valence-electron chi connectivity index (χ0n) is 12.3. The van der Waals surface area contributed by atoms with Gasteiger partial charge in [0.15, 0.2) is 0 Å². The van der Waals surface area contributed by atoms with Crippen molar-refractivity contribution in [3.05, 3.63) is 35.8 Å². The summed E-state index contributed by atoms with van der Waals surface area (Å²) in [6.45, 7) is 2.27. The molecule has 21 heavy (non-hydrogen) atoms. The van der Waals surface area contributed by atoms with E-state index in [1.54, 1.807) is 12.3 Å². The van der Waals surface area contributed by atoms with E-state index in [2.05, 4.69) is 17.2 Å². The molecule has 1 aromatic carbocycles. The van der Waals surface area contributed by atoms with E-state index in [9.17, 15) is 9.18 Å². The van der Waals surface area contributed by atoms with Crippen LogP contribution in [0.3, 0.4) is 0 Å². The fourth-order valence-electron chi connectivity index (χ4n) is 3.16. The summed E-state index contributed by atoms with van der Waals surface area (Å²) >= 11 is 0. The number of benzene rings is 1. The molecule has 4 heteroatoms. The van der Waals surface area contributed by atoms with Crippen molar-refractivity contribution in [3.8, 4) is 0 Å². The van der Waals surface area contributed by atoms with E-state index >= 15 is 0 Å². The third-order valence-electron chi connectivity index (χ3n) is 4.46. The highest BCUT2D eigenvalue weighted by Gasteiger charge is 2.20. The molecule has 0 spiro atoms. The third-order valence-corrected chi connectivity index (χ3v) is 4.46. The van der Waals surface area contributed by atoms with Gasteiger partial charge in [-0.15, -0.1) is 0 Å². The molecule has 3 rings (SSSR count). The van der Waals surface area contributed by atoms with Crippen molar-refractivity contribution < 1.29 is 9.18 Å².